The third kappa shape index (κ3) is 7.52. The molecule has 0 rings (SSSR count). The molecule has 0 saturated heterocycles. The van der Waals surface area contributed by atoms with Gasteiger partial charge in [-0.2, -0.15) is 11.1 Å². The monoisotopic (exact) mass is 193 g/mol. The molecule has 0 aliphatic heterocycles. The Morgan fingerprint density at radius 2 is 2.00 bits per heavy atom. The van der Waals surface area contributed by atoms with Crippen LogP contribution in [0.15, 0.2) is 0 Å². The molecule has 0 aromatic rings. The largest absolute Gasteiger partial charge is 0.169 e. The Labute approximate surface area is 60.8 Å². The smallest absolute Gasteiger partial charge is 0.169 e. The molecular formula is C2H5Cl3PSi. The second-order valence-electron chi connectivity index (χ2n) is 1.14. The van der Waals surface area contributed by atoms with Gasteiger partial charge in [0.25, 0.3) is 0 Å². The van der Waals surface area contributed by atoms with E-state index in [4.69, 9.17) is 33.6 Å². The van der Waals surface area contributed by atoms with Crippen molar-refractivity contribution in [3.63, 3.8) is 0 Å². The fraction of sp³-hybridized carbons (Fsp3) is 1.00. The first-order valence-corrected chi connectivity index (χ1v) is 8.25. The maximum Gasteiger partial charge on any atom is 0.169 e. The predicted octanol–water partition coefficient (Wildman–Crippen LogP) is 3.18. The van der Waals surface area contributed by atoms with Gasteiger partial charge in [0, 0.05) is 5.79 Å². The molecule has 1 radical (unpaired) electrons. The number of hydrogen-bond acceptors (Lipinski definition) is 0. The van der Waals surface area contributed by atoms with Crippen molar-refractivity contribution in [2.45, 2.75) is 6.55 Å². The predicted molar refractivity (Wildman–Crippen MR) is 41.0 cm³/mol. The molecule has 0 heterocycles. The van der Waals surface area contributed by atoms with Gasteiger partial charge in [-0.1, -0.05) is 29.0 Å². The van der Waals surface area contributed by atoms with E-state index in [1.54, 1.807) is 0 Å². The van der Waals surface area contributed by atoms with Crippen LogP contribution in [0.3, 0.4) is 0 Å². The highest BCUT2D eigenvalue weighted by molar-refractivity contribution is 8.05. The number of rotatable bonds is 2. The van der Waals surface area contributed by atoms with Crippen LogP contribution >= 0.6 is 40.2 Å². The number of hydrogen-bond donors (Lipinski definition) is 0. The van der Waals surface area contributed by atoms with Crippen LogP contribution in [-0.2, 0) is 0 Å². The van der Waals surface area contributed by atoms with Crippen molar-refractivity contribution in [2.24, 2.45) is 0 Å². The van der Waals surface area contributed by atoms with E-state index in [1.807, 2.05) is 6.55 Å². The molecule has 0 aliphatic carbocycles. The third-order valence-corrected chi connectivity index (χ3v) is 6.26. The van der Waals surface area contributed by atoms with E-state index in [0.717, 1.165) is 5.79 Å². The second kappa shape index (κ2) is 4.40. The van der Waals surface area contributed by atoms with Crippen LogP contribution in [0, 0.1) is 0 Å². The molecule has 0 atom stereocenters. The molecule has 0 aromatic heterocycles. The highest BCUT2D eigenvalue weighted by Crippen LogP contribution is 2.46. The lowest BCUT2D eigenvalue weighted by atomic mass is 11.9. The summed E-state index contributed by atoms with van der Waals surface area (Å²) >= 11 is 16.5. The second-order valence-corrected chi connectivity index (χ2v) is 9.26. The van der Waals surface area contributed by atoms with Crippen molar-refractivity contribution >= 4 is 48.3 Å². The standard InChI is InChI=1S/C2H5Cl3PSi/c1-7(5)2-6(3)4/h2H2,1H3. The molecule has 43 valence electrons. The lowest BCUT2D eigenvalue weighted by Gasteiger charge is -1.96. The summed E-state index contributed by atoms with van der Waals surface area (Å²) in [5.41, 5.74) is 0. The van der Waals surface area contributed by atoms with Gasteiger partial charge in [0.2, 0.25) is 0 Å². The lowest BCUT2D eigenvalue weighted by Crippen LogP contribution is -1.98. The van der Waals surface area contributed by atoms with E-state index in [-0.39, 0.29) is 0 Å². The Kier molecular flexibility index (Phi) is 5.35. The van der Waals surface area contributed by atoms with Crippen LogP contribution in [0.1, 0.15) is 0 Å². The maximum absolute atomic E-state index is 5.62. The first-order valence-electron chi connectivity index (χ1n) is 1.70. The van der Waals surface area contributed by atoms with Gasteiger partial charge in [0.15, 0.2) is 8.11 Å². The first-order chi connectivity index (χ1) is 3.13. The summed E-state index contributed by atoms with van der Waals surface area (Å²) in [6.07, 6.45) is 0. The molecule has 0 fully saturated rings. The highest BCUT2D eigenvalue weighted by Gasteiger charge is 2.05. The molecule has 7 heavy (non-hydrogen) atoms. The van der Waals surface area contributed by atoms with Crippen LogP contribution in [0.25, 0.3) is 0 Å². The van der Waals surface area contributed by atoms with Crippen LogP contribution in [0.4, 0.5) is 0 Å². The van der Waals surface area contributed by atoms with Crippen molar-refractivity contribution in [3.05, 3.63) is 0 Å². The zero-order valence-electron chi connectivity index (χ0n) is 3.79. The van der Waals surface area contributed by atoms with Crippen molar-refractivity contribution in [1.82, 2.24) is 0 Å². The Morgan fingerprint density at radius 1 is 1.57 bits per heavy atom. The van der Waals surface area contributed by atoms with Crippen LogP contribution in [0.2, 0.25) is 6.55 Å². The van der Waals surface area contributed by atoms with E-state index < -0.39 is 14.7 Å². The van der Waals surface area contributed by atoms with Gasteiger partial charge in [-0.3, -0.25) is 0 Å². The molecule has 0 bridgehead atoms. The summed E-state index contributed by atoms with van der Waals surface area (Å²) in [5, 5.41) is 0. The van der Waals surface area contributed by atoms with Crippen LogP contribution in [0.5, 0.6) is 0 Å². The molecule has 0 saturated carbocycles. The van der Waals surface area contributed by atoms with E-state index in [0.29, 0.717) is 0 Å². The average molecular weight is 194 g/mol. The zero-order valence-corrected chi connectivity index (χ0v) is 7.95. The third-order valence-electron chi connectivity index (χ3n) is 0.337. The summed E-state index contributed by atoms with van der Waals surface area (Å²) in [4.78, 5) is 0. The van der Waals surface area contributed by atoms with Gasteiger partial charge in [0.05, 0.1) is 6.63 Å². The van der Waals surface area contributed by atoms with E-state index >= 15 is 0 Å². The summed E-state index contributed by atoms with van der Waals surface area (Å²) in [7, 11) is -0.697. The summed E-state index contributed by atoms with van der Waals surface area (Å²) in [6.45, 7) is 1.20. The van der Waals surface area contributed by atoms with Gasteiger partial charge in [-0.05, 0) is 0 Å². The minimum Gasteiger partial charge on any atom is -0.169 e. The SMILES string of the molecule is C[Si](Cl)CP(Cl)Cl. The Morgan fingerprint density at radius 3 is 2.00 bits per heavy atom. The fourth-order valence-corrected chi connectivity index (χ4v) is 6.89. The normalized spacial score (nSPS) is 11.1. The molecule has 5 heteroatoms. The highest BCUT2D eigenvalue weighted by atomic mass is 35.9. The van der Waals surface area contributed by atoms with Crippen LogP contribution < -0.4 is 0 Å². The van der Waals surface area contributed by atoms with Gasteiger partial charge >= 0.3 is 0 Å². The lowest BCUT2D eigenvalue weighted by molar-refractivity contribution is 2.02. The molecule has 0 N–H and O–H groups in total. The number of halogens is 3. The molecular weight excluding hydrogens is 189 g/mol. The maximum atomic E-state index is 5.62. The Hall–Kier alpha value is 1.52. The van der Waals surface area contributed by atoms with Gasteiger partial charge in [-0.15, -0.1) is 0 Å². The minimum absolute atomic E-state index is 0.697. The molecule has 0 aliphatic rings. The summed E-state index contributed by atoms with van der Waals surface area (Å²) in [5.74, 6) is 0.824. The fourth-order valence-electron chi connectivity index (χ4n) is 0.165. The van der Waals surface area contributed by atoms with Crippen molar-refractivity contribution in [1.29, 1.82) is 0 Å². The zero-order chi connectivity index (χ0) is 5.86. The van der Waals surface area contributed by atoms with E-state index in [1.165, 1.54) is 0 Å². The minimum atomic E-state index is -0.782. The molecule has 0 nitrogen and oxygen atoms in total. The van der Waals surface area contributed by atoms with Gasteiger partial charge in [-0.25, -0.2) is 0 Å². The summed E-state index contributed by atoms with van der Waals surface area (Å²) < 4.78 is 0. The van der Waals surface area contributed by atoms with Crippen molar-refractivity contribution in [2.75, 3.05) is 5.79 Å². The molecule has 0 spiro atoms. The van der Waals surface area contributed by atoms with Gasteiger partial charge in [0.1, 0.15) is 0 Å². The topological polar surface area (TPSA) is 0 Å². The Balaban J connectivity index is 2.95. The van der Waals surface area contributed by atoms with E-state index in [2.05, 4.69) is 0 Å². The average Bonchev–Trinajstić information content (AvgIpc) is 1.27. The van der Waals surface area contributed by atoms with Gasteiger partial charge < -0.3 is 0 Å². The molecule has 0 amide bonds. The van der Waals surface area contributed by atoms with Crippen molar-refractivity contribution < 1.29 is 0 Å². The van der Waals surface area contributed by atoms with Crippen LogP contribution in [-0.4, -0.2) is 13.9 Å². The molecule has 0 unspecified atom stereocenters. The van der Waals surface area contributed by atoms with E-state index in [9.17, 15) is 0 Å². The first kappa shape index (κ1) is 8.52. The Bertz CT molecular complexity index is 42.2. The van der Waals surface area contributed by atoms with Crippen molar-refractivity contribution in [3.8, 4) is 0 Å². The molecule has 0 aromatic carbocycles. The summed E-state index contributed by atoms with van der Waals surface area (Å²) in [6, 6.07) is 0. The quantitative estimate of drug-likeness (QED) is 0.360.